The highest BCUT2D eigenvalue weighted by molar-refractivity contribution is 14.1. The number of nitrogen functional groups attached to an aromatic ring is 1. The van der Waals surface area contributed by atoms with E-state index in [1.165, 1.54) is 6.20 Å². The number of hydrogen-bond acceptors (Lipinski definition) is 3. The van der Waals surface area contributed by atoms with Crippen LogP contribution in [-0.4, -0.2) is 11.3 Å². The van der Waals surface area contributed by atoms with Crippen LogP contribution in [0.25, 0.3) is 0 Å². The molecule has 1 heterocycles. The number of carbonyl (C=O) groups is 1. The van der Waals surface area contributed by atoms with Gasteiger partial charge in [-0.15, -0.1) is 0 Å². The number of halogens is 3. The molecule has 0 spiro atoms. The summed E-state index contributed by atoms with van der Waals surface area (Å²) in [5.74, 6) is -0.231. The molecule has 6 heteroatoms. The van der Waals surface area contributed by atoms with Gasteiger partial charge in [0.15, 0.2) is 6.29 Å². The molecule has 0 amide bonds. The van der Waals surface area contributed by atoms with Gasteiger partial charge in [0, 0.05) is 15.3 Å². The number of carbonyl (C=O) groups excluding carboxylic acids is 1. The van der Waals surface area contributed by atoms with Gasteiger partial charge < -0.3 is 5.73 Å². The zero-order valence-corrected chi connectivity index (χ0v) is 8.46. The van der Waals surface area contributed by atoms with Gasteiger partial charge in [-0.1, -0.05) is 0 Å². The first kappa shape index (κ1) is 10.3. The molecule has 0 radical (unpaired) electrons. The third-order valence-electron chi connectivity index (χ3n) is 1.45. The lowest BCUT2D eigenvalue weighted by Crippen LogP contribution is -2.04. The van der Waals surface area contributed by atoms with Crippen LogP contribution in [0.5, 0.6) is 0 Å². The van der Waals surface area contributed by atoms with E-state index in [1.807, 2.05) is 0 Å². The molecule has 0 aliphatic heterocycles. The number of hydrogen-bond donors (Lipinski definition) is 1. The summed E-state index contributed by atoms with van der Waals surface area (Å²) in [7, 11) is 0. The Morgan fingerprint density at radius 3 is 2.69 bits per heavy atom. The first-order valence-corrected chi connectivity index (χ1v) is 4.33. The lowest BCUT2D eigenvalue weighted by Gasteiger charge is -2.07. The van der Waals surface area contributed by atoms with E-state index in [0.29, 0.717) is 6.29 Å². The van der Waals surface area contributed by atoms with Crippen LogP contribution in [0, 0.1) is 3.57 Å². The van der Waals surface area contributed by atoms with E-state index in [0.717, 1.165) is 0 Å². The standard InChI is InChI=1S/C7H5F2IN2O/c8-6(9)4-5(10)3(2-13)1-12-7(4)11/h1-2,6H,(H2,11,12). The van der Waals surface area contributed by atoms with E-state index in [9.17, 15) is 13.6 Å². The van der Waals surface area contributed by atoms with Crippen molar-refractivity contribution in [3.8, 4) is 0 Å². The maximum absolute atomic E-state index is 12.4. The SMILES string of the molecule is Nc1ncc(C=O)c(I)c1C(F)F. The number of aromatic nitrogens is 1. The minimum atomic E-state index is -2.71. The Balaban J connectivity index is 3.38. The highest BCUT2D eigenvalue weighted by atomic mass is 127. The molecule has 3 nitrogen and oxygen atoms in total. The smallest absolute Gasteiger partial charge is 0.268 e. The Labute approximate surface area is 86.5 Å². The van der Waals surface area contributed by atoms with Crippen molar-refractivity contribution in [3.63, 3.8) is 0 Å². The van der Waals surface area contributed by atoms with Crippen molar-refractivity contribution in [1.29, 1.82) is 0 Å². The van der Waals surface area contributed by atoms with Crippen molar-refractivity contribution in [2.45, 2.75) is 6.43 Å². The van der Waals surface area contributed by atoms with E-state index in [2.05, 4.69) is 4.98 Å². The monoisotopic (exact) mass is 298 g/mol. The second kappa shape index (κ2) is 3.95. The number of nitrogens with zero attached hydrogens (tertiary/aromatic N) is 1. The van der Waals surface area contributed by atoms with Gasteiger partial charge in [0.2, 0.25) is 0 Å². The molecule has 0 aliphatic rings. The number of anilines is 1. The quantitative estimate of drug-likeness (QED) is 0.671. The molecular formula is C7H5F2IN2O. The molecule has 0 bridgehead atoms. The maximum atomic E-state index is 12.4. The normalized spacial score (nSPS) is 10.5. The fourth-order valence-electron chi connectivity index (χ4n) is 0.823. The van der Waals surface area contributed by atoms with Gasteiger partial charge in [-0.05, 0) is 22.6 Å². The fraction of sp³-hybridized carbons (Fsp3) is 0.143. The summed E-state index contributed by atoms with van der Waals surface area (Å²) in [6, 6.07) is 0. The summed E-state index contributed by atoms with van der Waals surface area (Å²) in [5, 5.41) is 0. The molecule has 0 saturated heterocycles. The second-order valence-electron chi connectivity index (χ2n) is 2.24. The van der Waals surface area contributed by atoms with Crippen LogP contribution in [0.15, 0.2) is 6.20 Å². The van der Waals surface area contributed by atoms with Crippen LogP contribution in [0.3, 0.4) is 0 Å². The molecular weight excluding hydrogens is 293 g/mol. The Morgan fingerprint density at radius 1 is 1.62 bits per heavy atom. The van der Waals surface area contributed by atoms with Crippen molar-refractivity contribution < 1.29 is 13.6 Å². The van der Waals surface area contributed by atoms with E-state index >= 15 is 0 Å². The van der Waals surface area contributed by atoms with E-state index in [-0.39, 0.29) is 20.5 Å². The number of rotatable bonds is 2. The first-order valence-electron chi connectivity index (χ1n) is 3.25. The van der Waals surface area contributed by atoms with Gasteiger partial charge in [-0.2, -0.15) is 0 Å². The third kappa shape index (κ3) is 1.93. The lowest BCUT2D eigenvalue weighted by molar-refractivity contribution is 0.112. The first-order chi connectivity index (χ1) is 6.07. The highest BCUT2D eigenvalue weighted by Crippen LogP contribution is 2.29. The fourth-order valence-corrected chi connectivity index (χ4v) is 1.60. The number of nitrogens with two attached hydrogens (primary N) is 1. The molecule has 0 atom stereocenters. The van der Waals surface area contributed by atoms with Gasteiger partial charge in [-0.25, -0.2) is 13.8 Å². The average molecular weight is 298 g/mol. The third-order valence-corrected chi connectivity index (χ3v) is 2.66. The zero-order chi connectivity index (χ0) is 10.0. The molecule has 1 rings (SSSR count). The van der Waals surface area contributed by atoms with Crippen molar-refractivity contribution in [1.82, 2.24) is 4.98 Å². The minimum Gasteiger partial charge on any atom is -0.383 e. The summed E-state index contributed by atoms with van der Waals surface area (Å²) in [6.45, 7) is 0. The Morgan fingerprint density at radius 2 is 2.23 bits per heavy atom. The zero-order valence-electron chi connectivity index (χ0n) is 6.30. The summed E-state index contributed by atoms with van der Waals surface area (Å²) >= 11 is 1.65. The Bertz CT molecular complexity index is 344. The number of aldehydes is 1. The van der Waals surface area contributed by atoms with Gasteiger partial charge in [-0.3, -0.25) is 4.79 Å². The van der Waals surface area contributed by atoms with E-state index in [1.54, 1.807) is 22.6 Å². The topological polar surface area (TPSA) is 56.0 Å². The lowest BCUT2D eigenvalue weighted by atomic mass is 10.2. The Kier molecular flexibility index (Phi) is 3.12. The van der Waals surface area contributed by atoms with Crippen LogP contribution in [0.4, 0.5) is 14.6 Å². The predicted octanol–water partition coefficient (Wildman–Crippen LogP) is 2.02. The van der Waals surface area contributed by atoms with Crippen LogP contribution in [0.2, 0.25) is 0 Å². The molecule has 1 aromatic heterocycles. The van der Waals surface area contributed by atoms with Crippen LogP contribution in [-0.2, 0) is 0 Å². The van der Waals surface area contributed by atoms with Crippen LogP contribution in [0.1, 0.15) is 22.3 Å². The second-order valence-corrected chi connectivity index (χ2v) is 3.32. The van der Waals surface area contributed by atoms with Gasteiger partial charge in [0.25, 0.3) is 6.43 Å². The van der Waals surface area contributed by atoms with Crippen molar-refractivity contribution in [2.75, 3.05) is 5.73 Å². The van der Waals surface area contributed by atoms with Gasteiger partial charge in [0.1, 0.15) is 5.82 Å². The Hall–Kier alpha value is -0.790. The molecule has 0 unspecified atom stereocenters. The van der Waals surface area contributed by atoms with Gasteiger partial charge >= 0.3 is 0 Å². The van der Waals surface area contributed by atoms with Crippen molar-refractivity contribution in [2.24, 2.45) is 0 Å². The van der Waals surface area contributed by atoms with Gasteiger partial charge in [0.05, 0.1) is 5.56 Å². The molecule has 0 aliphatic carbocycles. The number of alkyl halides is 2. The summed E-state index contributed by atoms with van der Waals surface area (Å²) < 4.78 is 24.9. The van der Waals surface area contributed by atoms with E-state index in [4.69, 9.17) is 5.73 Å². The molecule has 2 N–H and O–H groups in total. The van der Waals surface area contributed by atoms with Crippen molar-refractivity contribution >= 4 is 34.7 Å². The maximum Gasteiger partial charge on any atom is 0.268 e. The summed E-state index contributed by atoms with van der Waals surface area (Å²) in [6.07, 6.45) is -1.06. The molecule has 0 fully saturated rings. The molecule has 13 heavy (non-hydrogen) atoms. The van der Waals surface area contributed by atoms with Crippen LogP contribution < -0.4 is 5.73 Å². The largest absolute Gasteiger partial charge is 0.383 e. The molecule has 1 aromatic rings. The predicted molar refractivity (Wildman–Crippen MR) is 51.7 cm³/mol. The molecule has 70 valence electrons. The average Bonchev–Trinajstić information content (AvgIpc) is 2.04. The van der Waals surface area contributed by atoms with E-state index < -0.39 is 6.43 Å². The number of pyridine rings is 1. The van der Waals surface area contributed by atoms with Crippen molar-refractivity contribution in [3.05, 3.63) is 20.9 Å². The summed E-state index contributed by atoms with van der Waals surface area (Å²) in [5.41, 5.74) is 4.99. The summed E-state index contributed by atoms with van der Waals surface area (Å²) in [4.78, 5) is 13.9. The highest BCUT2D eigenvalue weighted by Gasteiger charge is 2.18. The minimum absolute atomic E-state index is 0.130. The molecule has 0 aromatic carbocycles. The molecule has 0 saturated carbocycles. The van der Waals surface area contributed by atoms with Crippen LogP contribution >= 0.6 is 22.6 Å².